The third-order valence-electron chi connectivity index (χ3n) is 4.57. The SMILES string of the molecule is CCC1CCC(C(NC)c2ncccc2OC)CC1. The lowest BCUT2D eigenvalue weighted by atomic mass is 9.76. The molecule has 1 aromatic rings. The van der Waals surface area contributed by atoms with Crippen LogP contribution < -0.4 is 10.1 Å². The zero-order chi connectivity index (χ0) is 13.7. The summed E-state index contributed by atoms with van der Waals surface area (Å²) in [6.07, 6.45) is 8.49. The van der Waals surface area contributed by atoms with E-state index in [0.717, 1.165) is 17.4 Å². The van der Waals surface area contributed by atoms with Crippen molar-refractivity contribution in [1.29, 1.82) is 0 Å². The third kappa shape index (κ3) is 3.27. The van der Waals surface area contributed by atoms with Gasteiger partial charge in [0.15, 0.2) is 0 Å². The second kappa shape index (κ2) is 6.90. The largest absolute Gasteiger partial charge is 0.495 e. The van der Waals surface area contributed by atoms with Crippen molar-refractivity contribution in [1.82, 2.24) is 10.3 Å². The Bertz CT molecular complexity index is 386. The average Bonchev–Trinajstić information content (AvgIpc) is 2.49. The summed E-state index contributed by atoms with van der Waals surface area (Å²) in [6.45, 7) is 2.31. The van der Waals surface area contributed by atoms with Gasteiger partial charge in [-0.25, -0.2) is 0 Å². The number of methoxy groups -OCH3 is 1. The molecular weight excluding hydrogens is 236 g/mol. The van der Waals surface area contributed by atoms with E-state index in [0.29, 0.717) is 12.0 Å². The smallest absolute Gasteiger partial charge is 0.141 e. The molecule has 0 aromatic carbocycles. The first-order chi connectivity index (χ1) is 9.30. The summed E-state index contributed by atoms with van der Waals surface area (Å²) in [5, 5.41) is 3.45. The van der Waals surface area contributed by atoms with E-state index in [4.69, 9.17) is 4.74 Å². The molecule has 3 nitrogen and oxygen atoms in total. The second-order valence-electron chi connectivity index (χ2n) is 5.55. The Morgan fingerprint density at radius 1 is 1.37 bits per heavy atom. The molecule has 1 fully saturated rings. The Hall–Kier alpha value is -1.09. The highest BCUT2D eigenvalue weighted by atomic mass is 16.5. The molecule has 1 saturated carbocycles. The molecule has 1 N–H and O–H groups in total. The van der Waals surface area contributed by atoms with Crippen molar-refractivity contribution in [2.45, 2.75) is 45.1 Å². The summed E-state index contributed by atoms with van der Waals surface area (Å²) in [4.78, 5) is 4.55. The van der Waals surface area contributed by atoms with E-state index in [1.165, 1.54) is 32.1 Å². The average molecular weight is 262 g/mol. The topological polar surface area (TPSA) is 34.2 Å². The van der Waals surface area contributed by atoms with Crippen LogP contribution in [-0.4, -0.2) is 19.1 Å². The molecular formula is C16H26N2O. The molecule has 3 heteroatoms. The van der Waals surface area contributed by atoms with Crippen molar-refractivity contribution in [2.24, 2.45) is 11.8 Å². The fourth-order valence-electron chi connectivity index (χ4n) is 3.33. The van der Waals surface area contributed by atoms with Crippen molar-refractivity contribution >= 4 is 0 Å². The molecule has 2 rings (SSSR count). The molecule has 0 radical (unpaired) electrons. The molecule has 0 spiro atoms. The molecule has 1 aromatic heterocycles. The quantitative estimate of drug-likeness (QED) is 0.881. The van der Waals surface area contributed by atoms with Gasteiger partial charge in [-0.15, -0.1) is 0 Å². The summed E-state index contributed by atoms with van der Waals surface area (Å²) in [7, 11) is 3.76. The van der Waals surface area contributed by atoms with Crippen molar-refractivity contribution < 1.29 is 4.74 Å². The van der Waals surface area contributed by atoms with Gasteiger partial charge < -0.3 is 10.1 Å². The van der Waals surface area contributed by atoms with Crippen molar-refractivity contribution in [3.63, 3.8) is 0 Å². The minimum atomic E-state index is 0.314. The molecule has 0 aliphatic heterocycles. The number of pyridine rings is 1. The first kappa shape index (κ1) is 14.3. The Labute approximate surface area is 116 Å². The van der Waals surface area contributed by atoms with Gasteiger partial charge in [0.2, 0.25) is 0 Å². The van der Waals surface area contributed by atoms with Gasteiger partial charge in [0.1, 0.15) is 5.75 Å². The zero-order valence-corrected chi connectivity index (χ0v) is 12.4. The number of rotatable bonds is 5. The van der Waals surface area contributed by atoms with Gasteiger partial charge >= 0.3 is 0 Å². The van der Waals surface area contributed by atoms with Gasteiger partial charge in [0.25, 0.3) is 0 Å². The Kier molecular flexibility index (Phi) is 5.20. The number of hydrogen-bond donors (Lipinski definition) is 1. The monoisotopic (exact) mass is 262 g/mol. The highest BCUT2D eigenvalue weighted by molar-refractivity contribution is 5.30. The van der Waals surface area contributed by atoms with E-state index >= 15 is 0 Å². The normalized spacial score (nSPS) is 25.0. The van der Waals surface area contributed by atoms with E-state index in [2.05, 4.69) is 17.2 Å². The summed E-state index contributed by atoms with van der Waals surface area (Å²) >= 11 is 0. The molecule has 1 heterocycles. The third-order valence-corrected chi connectivity index (χ3v) is 4.57. The highest BCUT2D eigenvalue weighted by Gasteiger charge is 2.29. The van der Waals surface area contributed by atoms with Crippen LogP contribution in [0.5, 0.6) is 5.75 Å². The van der Waals surface area contributed by atoms with E-state index in [-0.39, 0.29) is 0 Å². The standard InChI is InChI=1S/C16H26N2O/c1-4-12-7-9-13(10-8-12)15(17-2)16-14(19-3)6-5-11-18-16/h5-6,11-13,15,17H,4,7-10H2,1-3H3. The molecule has 0 bridgehead atoms. The molecule has 0 amide bonds. The lowest BCUT2D eigenvalue weighted by Crippen LogP contribution is -2.29. The predicted molar refractivity (Wildman–Crippen MR) is 78.3 cm³/mol. The molecule has 1 unspecified atom stereocenters. The molecule has 1 atom stereocenters. The Morgan fingerprint density at radius 2 is 2.11 bits per heavy atom. The zero-order valence-electron chi connectivity index (χ0n) is 12.4. The van der Waals surface area contributed by atoms with Crippen LogP contribution in [-0.2, 0) is 0 Å². The first-order valence-electron chi connectivity index (χ1n) is 7.46. The summed E-state index contributed by atoms with van der Waals surface area (Å²) in [5.74, 6) is 2.51. The number of ether oxygens (including phenoxy) is 1. The fourth-order valence-corrected chi connectivity index (χ4v) is 3.33. The lowest BCUT2D eigenvalue weighted by molar-refractivity contribution is 0.219. The minimum Gasteiger partial charge on any atom is -0.495 e. The number of aromatic nitrogens is 1. The maximum Gasteiger partial charge on any atom is 0.141 e. The highest BCUT2D eigenvalue weighted by Crippen LogP contribution is 2.39. The molecule has 0 saturated heterocycles. The molecule has 1 aliphatic carbocycles. The van der Waals surface area contributed by atoms with Crippen LogP contribution in [0.1, 0.15) is 50.8 Å². The van der Waals surface area contributed by atoms with Crippen LogP contribution >= 0.6 is 0 Å². The molecule has 106 valence electrons. The van der Waals surface area contributed by atoms with E-state index in [1.807, 2.05) is 25.4 Å². The van der Waals surface area contributed by atoms with E-state index in [9.17, 15) is 0 Å². The van der Waals surface area contributed by atoms with Gasteiger partial charge in [-0.1, -0.05) is 26.2 Å². The Balaban J connectivity index is 2.12. The van der Waals surface area contributed by atoms with Crippen LogP contribution in [0.15, 0.2) is 18.3 Å². The van der Waals surface area contributed by atoms with Gasteiger partial charge in [-0.05, 0) is 43.9 Å². The van der Waals surface area contributed by atoms with Crippen LogP contribution in [0.2, 0.25) is 0 Å². The maximum absolute atomic E-state index is 5.46. The van der Waals surface area contributed by atoms with Gasteiger partial charge in [-0.3, -0.25) is 4.98 Å². The minimum absolute atomic E-state index is 0.314. The number of nitrogens with zero attached hydrogens (tertiary/aromatic N) is 1. The second-order valence-corrected chi connectivity index (χ2v) is 5.55. The number of nitrogens with one attached hydrogen (secondary N) is 1. The van der Waals surface area contributed by atoms with Crippen molar-refractivity contribution in [3.05, 3.63) is 24.0 Å². The summed E-state index contributed by atoms with van der Waals surface area (Å²) in [6, 6.07) is 4.25. The van der Waals surface area contributed by atoms with Crippen LogP contribution in [0.25, 0.3) is 0 Å². The van der Waals surface area contributed by atoms with Gasteiger partial charge in [-0.2, -0.15) is 0 Å². The molecule has 1 aliphatic rings. The maximum atomic E-state index is 5.46. The van der Waals surface area contributed by atoms with Crippen molar-refractivity contribution in [2.75, 3.05) is 14.2 Å². The summed E-state index contributed by atoms with van der Waals surface area (Å²) < 4.78 is 5.46. The van der Waals surface area contributed by atoms with Crippen LogP contribution in [0.3, 0.4) is 0 Å². The first-order valence-corrected chi connectivity index (χ1v) is 7.46. The number of hydrogen-bond acceptors (Lipinski definition) is 3. The molecule has 19 heavy (non-hydrogen) atoms. The lowest BCUT2D eigenvalue weighted by Gasteiger charge is -2.33. The van der Waals surface area contributed by atoms with E-state index < -0.39 is 0 Å². The fraction of sp³-hybridized carbons (Fsp3) is 0.688. The van der Waals surface area contributed by atoms with Crippen LogP contribution in [0, 0.1) is 11.8 Å². The van der Waals surface area contributed by atoms with E-state index in [1.54, 1.807) is 7.11 Å². The van der Waals surface area contributed by atoms with Gasteiger partial charge in [0, 0.05) is 6.20 Å². The van der Waals surface area contributed by atoms with Crippen molar-refractivity contribution in [3.8, 4) is 5.75 Å². The van der Waals surface area contributed by atoms with Crippen LogP contribution in [0.4, 0.5) is 0 Å². The Morgan fingerprint density at radius 3 is 2.68 bits per heavy atom. The summed E-state index contributed by atoms with van der Waals surface area (Å²) in [5.41, 5.74) is 1.06. The predicted octanol–water partition coefficient (Wildman–Crippen LogP) is 3.57. The van der Waals surface area contributed by atoms with Gasteiger partial charge in [0.05, 0.1) is 18.8 Å².